The van der Waals surface area contributed by atoms with Crippen molar-refractivity contribution < 1.29 is 5.11 Å². The van der Waals surface area contributed by atoms with Gasteiger partial charge < -0.3 is 10.4 Å². The highest BCUT2D eigenvalue weighted by molar-refractivity contribution is 5.18. The van der Waals surface area contributed by atoms with Crippen LogP contribution in [0.15, 0.2) is 30.3 Å². The standard InChI is InChI=1S/C16H25NO/c1-2-15(17-14-11-7-4-8-12-14)16(18)13-9-5-3-6-10-13/h3,5-6,9-10,14-18H,2,4,7-8,11-12H2,1H3. The maximum atomic E-state index is 10.4. The van der Waals surface area contributed by atoms with Crippen molar-refractivity contribution in [3.63, 3.8) is 0 Å². The summed E-state index contributed by atoms with van der Waals surface area (Å²) in [5.74, 6) is 0. The molecule has 1 saturated carbocycles. The smallest absolute Gasteiger partial charge is 0.0942 e. The summed E-state index contributed by atoms with van der Waals surface area (Å²) in [7, 11) is 0. The monoisotopic (exact) mass is 247 g/mol. The summed E-state index contributed by atoms with van der Waals surface area (Å²) in [6, 6.07) is 10.8. The first-order chi connectivity index (χ1) is 8.81. The van der Waals surface area contributed by atoms with E-state index in [1.165, 1.54) is 32.1 Å². The van der Waals surface area contributed by atoms with Gasteiger partial charge in [-0.1, -0.05) is 56.5 Å². The van der Waals surface area contributed by atoms with E-state index in [-0.39, 0.29) is 6.04 Å². The van der Waals surface area contributed by atoms with E-state index in [2.05, 4.69) is 12.2 Å². The van der Waals surface area contributed by atoms with Crippen molar-refractivity contribution in [2.45, 2.75) is 63.6 Å². The van der Waals surface area contributed by atoms with Gasteiger partial charge in [0.25, 0.3) is 0 Å². The van der Waals surface area contributed by atoms with E-state index in [0.717, 1.165) is 12.0 Å². The second kappa shape index (κ2) is 6.91. The number of aliphatic hydroxyl groups excluding tert-OH is 1. The zero-order valence-corrected chi connectivity index (χ0v) is 11.3. The molecule has 2 nitrogen and oxygen atoms in total. The molecule has 0 heterocycles. The zero-order valence-electron chi connectivity index (χ0n) is 11.3. The summed E-state index contributed by atoms with van der Waals surface area (Å²) in [6.45, 7) is 2.15. The summed E-state index contributed by atoms with van der Waals surface area (Å²) in [4.78, 5) is 0. The Morgan fingerprint density at radius 2 is 1.83 bits per heavy atom. The minimum Gasteiger partial charge on any atom is -0.387 e. The minimum absolute atomic E-state index is 0.176. The largest absolute Gasteiger partial charge is 0.387 e. The Morgan fingerprint density at radius 1 is 1.17 bits per heavy atom. The normalized spacial score (nSPS) is 20.6. The molecule has 0 spiro atoms. The third-order valence-electron chi connectivity index (χ3n) is 4.02. The number of hydrogen-bond acceptors (Lipinski definition) is 2. The van der Waals surface area contributed by atoms with Gasteiger partial charge in [0.2, 0.25) is 0 Å². The molecule has 2 N–H and O–H groups in total. The summed E-state index contributed by atoms with van der Waals surface area (Å²) in [6.07, 6.45) is 7.13. The van der Waals surface area contributed by atoms with Crippen LogP contribution in [-0.4, -0.2) is 17.2 Å². The Morgan fingerprint density at radius 3 is 2.44 bits per heavy atom. The fraction of sp³-hybridized carbons (Fsp3) is 0.625. The molecule has 100 valence electrons. The molecule has 0 aliphatic heterocycles. The highest BCUT2D eigenvalue weighted by Gasteiger charge is 2.23. The molecule has 0 bridgehead atoms. The molecule has 2 rings (SSSR count). The van der Waals surface area contributed by atoms with E-state index in [0.29, 0.717) is 6.04 Å². The Bertz CT molecular complexity index is 332. The minimum atomic E-state index is -0.391. The molecule has 1 aliphatic rings. The van der Waals surface area contributed by atoms with E-state index in [4.69, 9.17) is 0 Å². The predicted molar refractivity (Wildman–Crippen MR) is 75.5 cm³/mol. The highest BCUT2D eigenvalue weighted by atomic mass is 16.3. The lowest BCUT2D eigenvalue weighted by Gasteiger charge is -2.31. The van der Waals surface area contributed by atoms with Gasteiger partial charge in [-0.25, -0.2) is 0 Å². The van der Waals surface area contributed by atoms with Gasteiger partial charge in [0.15, 0.2) is 0 Å². The van der Waals surface area contributed by atoms with Crippen molar-refractivity contribution in [2.75, 3.05) is 0 Å². The molecular formula is C16H25NO. The van der Waals surface area contributed by atoms with Gasteiger partial charge in [-0.2, -0.15) is 0 Å². The molecule has 2 heteroatoms. The molecule has 1 aromatic carbocycles. The molecule has 1 aliphatic carbocycles. The summed E-state index contributed by atoms with van der Waals surface area (Å²) in [5.41, 5.74) is 1.02. The zero-order chi connectivity index (χ0) is 12.8. The lowest BCUT2D eigenvalue weighted by atomic mass is 9.93. The van der Waals surface area contributed by atoms with Gasteiger partial charge >= 0.3 is 0 Å². The Balaban J connectivity index is 1.95. The van der Waals surface area contributed by atoms with Crippen molar-refractivity contribution in [1.29, 1.82) is 0 Å². The Labute approximate surface area is 110 Å². The Hall–Kier alpha value is -0.860. The molecule has 2 atom stereocenters. The predicted octanol–water partition coefficient (Wildman–Crippen LogP) is 3.42. The maximum absolute atomic E-state index is 10.4. The van der Waals surface area contributed by atoms with Crippen molar-refractivity contribution >= 4 is 0 Å². The SMILES string of the molecule is CCC(NC1CCCCC1)C(O)c1ccccc1. The maximum Gasteiger partial charge on any atom is 0.0942 e. The summed E-state index contributed by atoms with van der Waals surface area (Å²) in [5, 5.41) is 14.1. The van der Waals surface area contributed by atoms with Crippen LogP contribution in [0, 0.1) is 0 Å². The number of aliphatic hydroxyl groups is 1. The van der Waals surface area contributed by atoms with Crippen LogP contribution in [0.25, 0.3) is 0 Å². The fourth-order valence-electron chi connectivity index (χ4n) is 2.89. The van der Waals surface area contributed by atoms with Crippen molar-refractivity contribution in [3.05, 3.63) is 35.9 Å². The van der Waals surface area contributed by atoms with Gasteiger partial charge in [-0.3, -0.25) is 0 Å². The fourth-order valence-corrected chi connectivity index (χ4v) is 2.89. The number of benzene rings is 1. The summed E-state index contributed by atoms with van der Waals surface area (Å²) < 4.78 is 0. The van der Waals surface area contributed by atoms with E-state index >= 15 is 0 Å². The van der Waals surface area contributed by atoms with Crippen LogP contribution in [-0.2, 0) is 0 Å². The van der Waals surface area contributed by atoms with E-state index < -0.39 is 6.10 Å². The third kappa shape index (κ3) is 3.56. The lowest BCUT2D eigenvalue weighted by molar-refractivity contribution is 0.114. The van der Waals surface area contributed by atoms with E-state index in [1.807, 2.05) is 30.3 Å². The van der Waals surface area contributed by atoms with Crippen LogP contribution < -0.4 is 5.32 Å². The number of nitrogens with one attached hydrogen (secondary N) is 1. The van der Waals surface area contributed by atoms with E-state index in [1.54, 1.807) is 0 Å². The molecule has 0 saturated heterocycles. The van der Waals surface area contributed by atoms with Gasteiger partial charge in [0, 0.05) is 12.1 Å². The van der Waals surface area contributed by atoms with Gasteiger partial charge in [-0.05, 0) is 24.8 Å². The Kier molecular flexibility index (Phi) is 5.21. The van der Waals surface area contributed by atoms with Crippen LogP contribution in [0.5, 0.6) is 0 Å². The van der Waals surface area contributed by atoms with Crippen LogP contribution in [0.2, 0.25) is 0 Å². The molecule has 1 fully saturated rings. The number of rotatable bonds is 5. The van der Waals surface area contributed by atoms with Crippen molar-refractivity contribution in [3.8, 4) is 0 Å². The quantitative estimate of drug-likeness (QED) is 0.835. The van der Waals surface area contributed by atoms with Gasteiger partial charge in [0.1, 0.15) is 0 Å². The molecule has 1 aromatic rings. The van der Waals surface area contributed by atoms with Crippen LogP contribution in [0.3, 0.4) is 0 Å². The highest BCUT2D eigenvalue weighted by Crippen LogP contribution is 2.23. The van der Waals surface area contributed by atoms with Crippen LogP contribution in [0.4, 0.5) is 0 Å². The van der Waals surface area contributed by atoms with Gasteiger partial charge in [-0.15, -0.1) is 0 Å². The van der Waals surface area contributed by atoms with Gasteiger partial charge in [0.05, 0.1) is 6.10 Å². The van der Waals surface area contributed by atoms with Crippen LogP contribution in [0.1, 0.15) is 57.1 Å². The second-order valence-electron chi connectivity index (χ2n) is 5.37. The van der Waals surface area contributed by atoms with E-state index in [9.17, 15) is 5.11 Å². The molecule has 0 radical (unpaired) electrons. The van der Waals surface area contributed by atoms with Crippen molar-refractivity contribution in [2.24, 2.45) is 0 Å². The lowest BCUT2D eigenvalue weighted by Crippen LogP contribution is -2.42. The second-order valence-corrected chi connectivity index (χ2v) is 5.37. The molecular weight excluding hydrogens is 222 g/mol. The van der Waals surface area contributed by atoms with Crippen LogP contribution >= 0.6 is 0 Å². The summed E-state index contributed by atoms with van der Waals surface area (Å²) >= 11 is 0. The first-order valence-corrected chi connectivity index (χ1v) is 7.30. The molecule has 18 heavy (non-hydrogen) atoms. The topological polar surface area (TPSA) is 32.3 Å². The molecule has 0 aromatic heterocycles. The first-order valence-electron chi connectivity index (χ1n) is 7.30. The third-order valence-corrected chi connectivity index (χ3v) is 4.02. The van der Waals surface area contributed by atoms with Crippen molar-refractivity contribution in [1.82, 2.24) is 5.32 Å². The molecule has 2 unspecified atom stereocenters. The average Bonchev–Trinajstić information content (AvgIpc) is 2.46. The molecule has 0 amide bonds. The first kappa shape index (κ1) is 13.6. The average molecular weight is 247 g/mol. The number of hydrogen-bond donors (Lipinski definition) is 2.